The van der Waals surface area contributed by atoms with Gasteiger partial charge in [0.15, 0.2) is 5.76 Å². The third-order valence-electron chi connectivity index (χ3n) is 2.36. The minimum absolute atomic E-state index is 0.0416. The Labute approximate surface area is 95.4 Å². The van der Waals surface area contributed by atoms with Crippen molar-refractivity contribution < 1.29 is 9.32 Å². The van der Waals surface area contributed by atoms with E-state index in [4.69, 9.17) is 10.3 Å². The minimum atomic E-state index is -0.0432. The Morgan fingerprint density at radius 1 is 1.62 bits per heavy atom. The molecule has 0 saturated heterocycles. The predicted molar refractivity (Wildman–Crippen MR) is 62.1 cm³/mol. The van der Waals surface area contributed by atoms with Crippen LogP contribution in [0.1, 0.15) is 38.1 Å². The Morgan fingerprint density at radius 2 is 2.31 bits per heavy atom. The predicted octanol–water partition coefficient (Wildman–Crippen LogP) is 1.61. The molecule has 1 aromatic heterocycles. The first kappa shape index (κ1) is 12.7. The molecule has 0 aromatic carbocycles. The first-order valence-corrected chi connectivity index (χ1v) is 5.55. The first-order valence-electron chi connectivity index (χ1n) is 5.55. The largest absolute Gasteiger partial charge is 0.359 e. The molecule has 0 saturated carbocycles. The minimum Gasteiger partial charge on any atom is -0.359 e. The molecule has 0 radical (unpaired) electrons. The van der Waals surface area contributed by atoms with Gasteiger partial charge < -0.3 is 15.6 Å². The maximum Gasteiger partial charge on any atom is 0.224 e. The van der Waals surface area contributed by atoms with Crippen molar-refractivity contribution in [2.24, 2.45) is 5.73 Å². The van der Waals surface area contributed by atoms with Crippen molar-refractivity contribution in [3.05, 3.63) is 11.5 Å². The molecular formula is C11H19N3O2. The highest BCUT2D eigenvalue weighted by atomic mass is 16.5. The second-order valence-electron chi connectivity index (χ2n) is 3.98. The standard InChI is InChI=1S/C11H19N3O2/c1-4-9-11(8(3)16-14-9)13-10(15)6-5-7(2)12/h7H,4-6,12H2,1-3H3,(H,13,15). The van der Waals surface area contributed by atoms with Gasteiger partial charge in [-0.25, -0.2) is 0 Å². The topological polar surface area (TPSA) is 81.2 Å². The van der Waals surface area contributed by atoms with Crippen molar-refractivity contribution in [2.45, 2.75) is 46.1 Å². The van der Waals surface area contributed by atoms with E-state index < -0.39 is 0 Å². The number of rotatable bonds is 5. The zero-order valence-electron chi connectivity index (χ0n) is 10.0. The highest BCUT2D eigenvalue weighted by Crippen LogP contribution is 2.20. The molecule has 5 heteroatoms. The molecule has 0 aliphatic rings. The molecule has 1 unspecified atom stereocenters. The Bertz CT molecular complexity index is 358. The quantitative estimate of drug-likeness (QED) is 0.797. The van der Waals surface area contributed by atoms with Gasteiger partial charge in [0.25, 0.3) is 0 Å². The number of aryl methyl sites for hydroxylation is 2. The van der Waals surface area contributed by atoms with E-state index >= 15 is 0 Å². The van der Waals surface area contributed by atoms with Gasteiger partial charge in [-0.05, 0) is 26.7 Å². The number of nitrogens with one attached hydrogen (secondary N) is 1. The molecule has 0 aliphatic carbocycles. The fraction of sp³-hybridized carbons (Fsp3) is 0.636. The fourth-order valence-electron chi connectivity index (χ4n) is 1.38. The maximum atomic E-state index is 11.6. The number of nitrogens with two attached hydrogens (primary N) is 1. The van der Waals surface area contributed by atoms with E-state index in [-0.39, 0.29) is 11.9 Å². The van der Waals surface area contributed by atoms with Crippen molar-refractivity contribution in [3.63, 3.8) is 0 Å². The molecule has 1 aromatic rings. The van der Waals surface area contributed by atoms with Crippen LogP contribution < -0.4 is 11.1 Å². The van der Waals surface area contributed by atoms with Crippen LogP contribution in [0.15, 0.2) is 4.52 Å². The highest BCUT2D eigenvalue weighted by Gasteiger charge is 2.14. The third kappa shape index (κ3) is 3.34. The summed E-state index contributed by atoms with van der Waals surface area (Å²) in [7, 11) is 0. The van der Waals surface area contributed by atoms with Gasteiger partial charge in [-0.2, -0.15) is 0 Å². The summed E-state index contributed by atoms with van der Waals surface area (Å²) in [5, 5.41) is 6.68. The lowest BCUT2D eigenvalue weighted by Crippen LogP contribution is -2.19. The smallest absolute Gasteiger partial charge is 0.224 e. The number of carbonyl (C=O) groups excluding carboxylic acids is 1. The monoisotopic (exact) mass is 225 g/mol. The van der Waals surface area contributed by atoms with E-state index in [1.54, 1.807) is 6.92 Å². The van der Waals surface area contributed by atoms with Crippen molar-refractivity contribution in [2.75, 3.05) is 5.32 Å². The van der Waals surface area contributed by atoms with Crippen LogP contribution in [0.25, 0.3) is 0 Å². The van der Waals surface area contributed by atoms with Gasteiger partial charge in [-0.1, -0.05) is 12.1 Å². The average Bonchev–Trinajstić information content (AvgIpc) is 2.57. The van der Waals surface area contributed by atoms with Crippen LogP contribution in [0.5, 0.6) is 0 Å². The summed E-state index contributed by atoms with van der Waals surface area (Å²) in [5.41, 5.74) is 7.08. The molecule has 0 bridgehead atoms. The number of anilines is 1. The Balaban J connectivity index is 2.58. The molecule has 0 aliphatic heterocycles. The summed E-state index contributed by atoms with van der Waals surface area (Å²) in [6.07, 6.45) is 1.84. The van der Waals surface area contributed by atoms with Crippen LogP contribution in [0.3, 0.4) is 0 Å². The average molecular weight is 225 g/mol. The maximum absolute atomic E-state index is 11.6. The van der Waals surface area contributed by atoms with Gasteiger partial charge in [-0.3, -0.25) is 4.79 Å². The van der Waals surface area contributed by atoms with E-state index in [1.165, 1.54) is 0 Å². The summed E-state index contributed by atoms with van der Waals surface area (Å²) >= 11 is 0. The van der Waals surface area contributed by atoms with Crippen molar-refractivity contribution in [1.82, 2.24) is 5.16 Å². The Morgan fingerprint density at radius 3 is 2.88 bits per heavy atom. The van der Waals surface area contributed by atoms with Crippen LogP contribution in [0.2, 0.25) is 0 Å². The van der Waals surface area contributed by atoms with Crippen molar-refractivity contribution in [1.29, 1.82) is 0 Å². The summed E-state index contributed by atoms with van der Waals surface area (Å²) in [5.74, 6) is 0.601. The number of carbonyl (C=O) groups is 1. The van der Waals surface area contributed by atoms with Crippen molar-refractivity contribution in [3.8, 4) is 0 Å². The second kappa shape index (κ2) is 5.65. The van der Waals surface area contributed by atoms with Gasteiger partial charge in [0.1, 0.15) is 11.4 Å². The molecule has 5 nitrogen and oxygen atoms in total. The lowest BCUT2D eigenvalue weighted by molar-refractivity contribution is -0.116. The summed E-state index contributed by atoms with van der Waals surface area (Å²) < 4.78 is 5.02. The lowest BCUT2D eigenvalue weighted by Gasteiger charge is -2.06. The van der Waals surface area contributed by atoms with Crippen LogP contribution >= 0.6 is 0 Å². The van der Waals surface area contributed by atoms with Gasteiger partial charge >= 0.3 is 0 Å². The Hall–Kier alpha value is -1.36. The van der Waals surface area contributed by atoms with Crippen molar-refractivity contribution >= 4 is 11.6 Å². The van der Waals surface area contributed by atoms with Gasteiger partial charge in [0.05, 0.1) is 0 Å². The van der Waals surface area contributed by atoms with E-state index in [2.05, 4.69) is 10.5 Å². The number of amides is 1. The summed E-state index contributed by atoms with van der Waals surface area (Å²) in [4.78, 5) is 11.6. The molecule has 1 atom stereocenters. The van der Waals surface area contributed by atoms with E-state index in [1.807, 2.05) is 13.8 Å². The number of hydrogen-bond acceptors (Lipinski definition) is 4. The highest BCUT2D eigenvalue weighted by molar-refractivity contribution is 5.91. The van der Waals surface area contributed by atoms with E-state index in [0.717, 1.165) is 12.1 Å². The number of hydrogen-bond donors (Lipinski definition) is 2. The number of aromatic nitrogens is 1. The molecule has 1 rings (SSSR count). The van der Waals surface area contributed by atoms with Crippen LogP contribution in [0.4, 0.5) is 5.69 Å². The molecule has 0 spiro atoms. The summed E-state index contributed by atoms with van der Waals surface area (Å²) in [6, 6.07) is 0.0416. The van der Waals surface area contributed by atoms with Crippen LogP contribution in [-0.2, 0) is 11.2 Å². The molecule has 90 valence electrons. The first-order chi connectivity index (χ1) is 7.54. The van der Waals surface area contributed by atoms with Gasteiger partial charge in [0, 0.05) is 12.5 Å². The zero-order chi connectivity index (χ0) is 12.1. The molecule has 3 N–H and O–H groups in total. The lowest BCUT2D eigenvalue weighted by atomic mass is 10.2. The molecule has 0 fully saturated rings. The third-order valence-corrected chi connectivity index (χ3v) is 2.36. The van der Waals surface area contributed by atoms with Crippen LogP contribution in [-0.4, -0.2) is 17.1 Å². The van der Waals surface area contributed by atoms with Gasteiger partial charge in [0.2, 0.25) is 5.91 Å². The van der Waals surface area contributed by atoms with Crippen LogP contribution in [0, 0.1) is 6.92 Å². The summed E-state index contributed by atoms with van der Waals surface area (Å²) in [6.45, 7) is 5.64. The Kier molecular flexibility index (Phi) is 4.49. The normalized spacial score (nSPS) is 12.5. The second-order valence-corrected chi connectivity index (χ2v) is 3.98. The van der Waals surface area contributed by atoms with E-state index in [0.29, 0.717) is 24.3 Å². The molecule has 1 heterocycles. The van der Waals surface area contributed by atoms with E-state index in [9.17, 15) is 4.79 Å². The van der Waals surface area contributed by atoms with Gasteiger partial charge in [-0.15, -0.1) is 0 Å². The molecule has 1 amide bonds. The molecule has 16 heavy (non-hydrogen) atoms. The number of nitrogens with zero attached hydrogens (tertiary/aromatic N) is 1. The molecular weight excluding hydrogens is 206 g/mol. The SMILES string of the molecule is CCc1noc(C)c1NC(=O)CCC(C)N. The zero-order valence-corrected chi connectivity index (χ0v) is 10.0. The fourth-order valence-corrected chi connectivity index (χ4v) is 1.38.